The second-order valence-electron chi connectivity index (χ2n) is 3.15. The molecule has 0 aliphatic carbocycles. The van der Waals surface area contributed by atoms with Gasteiger partial charge in [0, 0.05) is 6.07 Å². The average molecular weight is 270 g/mol. The molecule has 6 nitrogen and oxygen atoms in total. The summed E-state index contributed by atoms with van der Waals surface area (Å²) in [6.45, 7) is 0. The minimum absolute atomic E-state index is 0.0176. The Kier molecular flexibility index (Phi) is 3.33. The van der Waals surface area contributed by atoms with Gasteiger partial charge >= 0.3 is 0 Å². The SMILES string of the molecule is O=[N+]([O-])c1ccc(Cl)c(Oc2cc(F)ncn2)c1. The van der Waals surface area contributed by atoms with E-state index in [9.17, 15) is 14.5 Å². The van der Waals surface area contributed by atoms with Crippen LogP contribution in [0.3, 0.4) is 0 Å². The van der Waals surface area contributed by atoms with Gasteiger partial charge in [0.05, 0.1) is 22.1 Å². The molecule has 1 aromatic carbocycles. The summed E-state index contributed by atoms with van der Waals surface area (Å²) in [5.41, 5.74) is -0.191. The molecule has 92 valence electrons. The second kappa shape index (κ2) is 4.92. The zero-order valence-electron chi connectivity index (χ0n) is 8.71. The van der Waals surface area contributed by atoms with Crippen LogP contribution >= 0.6 is 11.6 Å². The van der Waals surface area contributed by atoms with Gasteiger partial charge in [-0.25, -0.2) is 9.97 Å². The highest BCUT2D eigenvalue weighted by atomic mass is 35.5. The predicted molar refractivity (Wildman–Crippen MR) is 60.2 cm³/mol. The Morgan fingerprint density at radius 2 is 2.11 bits per heavy atom. The summed E-state index contributed by atoms with van der Waals surface area (Å²) in [7, 11) is 0. The second-order valence-corrected chi connectivity index (χ2v) is 3.56. The fourth-order valence-corrected chi connectivity index (χ4v) is 1.33. The van der Waals surface area contributed by atoms with E-state index >= 15 is 0 Å². The largest absolute Gasteiger partial charge is 0.437 e. The fraction of sp³-hybridized carbons (Fsp3) is 0. The van der Waals surface area contributed by atoms with E-state index in [-0.39, 0.29) is 22.3 Å². The van der Waals surface area contributed by atoms with Gasteiger partial charge < -0.3 is 4.74 Å². The van der Waals surface area contributed by atoms with E-state index < -0.39 is 10.9 Å². The molecule has 0 atom stereocenters. The molecular formula is C10H5ClFN3O3. The zero-order chi connectivity index (χ0) is 13.1. The van der Waals surface area contributed by atoms with Crippen LogP contribution in [0, 0.1) is 16.1 Å². The maximum atomic E-state index is 12.8. The van der Waals surface area contributed by atoms with E-state index in [1.54, 1.807) is 0 Å². The van der Waals surface area contributed by atoms with Crippen LogP contribution in [-0.4, -0.2) is 14.9 Å². The Bertz CT molecular complexity index is 609. The van der Waals surface area contributed by atoms with Crippen molar-refractivity contribution in [1.82, 2.24) is 9.97 Å². The summed E-state index contributed by atoms with van der Waals surface area (Å²) in [6.07, 6.45) is 0.968. The van der Waals surface area contributed by atoms with E-state index in [0.29, 0.717) is 0 Å². The summed E-state index contributed by atoms with van der Waals surface area (Å²) in [5.74, 6) is -0.851. The molecule has 0 aliphatic heterocycles. The van der Waals surface area contributed by atoms with Crippen molar-refractivity contribution >= 4 is 17.3 Å². The van der Waals surface area contributed by atoms with Crippen LogP contribution in [0.4, 0.5) is 10.1 Å². The van der Waals surface area contributed by atoms with Gasteiger partial charge in [-0.3, -0.25) is 10.1 Å². The van der Waals surface area contributed by atoms with Crippen molar-refractivity contribution in [2.24, 2.45) is 0 Å². The molecule has 0 aliphatic rings. The number of halogens is 2. The lowest BCUT2D eigenvalue weighted by Gasteiger charge is -2.05. The molecular weight excluding hydrogens is 265 g/mol. The molecule has 0 saturated carbocycles. The maximum Gasteiger partial charge on any atom is 0.273 e. The van der Waals surface area contributed by atoms with E-state index in [4.69, 9.17) is 16.3 Å². The third-order valence-corrected chi connectivity index (χ3v) is 2.26. The number of nitro benzene ring substituents is 1. The molecule has 18 heavy (non-hydrogen) atoms. The van der Waals surface area contributed by atoms with E-state index in [1.807, 2.05) is 0 Å². The molecule has 1 aromatic heterocycles. The highest BCUT2D eigenvalue weighted by Crippen LogP contribution is 2.31. The summed E-state index contributed by atoms with van der Waals surface area (Å²) >= 11 is 5.81. The van der Waals surface area contributed by atoms with E-state index in [1.165, 1.54) is 12.1 Å². The monoisotopic (exact) mass is 269 g/mol. The van der Waals surface area contributed by atoms with Crippen molar-refractivity contribution in [2.45, 2.75) is 0 Å². The molecule has 8 heteroatoms. The quantitative estimate of drug-likeness (QED) is 0.486. The molecule has 0 unspecified atom stereocenters. The first-order valence-electron chi connectivity index (χ1n) is 4.65. The molecule has 0 bridgehead atoms. The smallest absolute Gasteiger partial charge is 0.273 e. The molecule has 2 rings (SSSR count). The Hall–Kier alpha value is -2.28. The lowest BCUT2D eigenvalue weighted by atomic mass is 10.3. The molecule has 0 saturated heterocycles. The van der Waals surface area contributed by atoms with Crippen LogP contribution in [0.2, 0.25) is 5.02 Å². The summed E-state index contributed by atoms with van der Waals surface area (Å²) in [4.78, 5) is 16.9. The van der Waals surface area contributed by atoms with Crippen molar-refractivity contribution in [3.05, 3.63) is 51.7 Å². The summed E-state index contributed by atoms with van der Waals surface area (Å²) < 4.78 is 18.0. The van der Waals surface area contributed by atoms with Crippen LogP contribution in [0.15, 0.2) is 30.6 Å². The van der Waals surface area contributed by atoms with Crippen molar-refractivity contribution in [3.8, 4) is 11.6 Å². The van der Waals surface area contributed by atoms with Gasteiger partial charge in [-0.15, -0.1) is 0 Å². The third-order valence-electron chi connectivity index (χ3n) is 1.95. The fourth-order valence-electron chi connectivity index (χ4n) is 1.17. The molecule has 2 aromatic rings. The number of benzene rings is 1. The van der Waals surface area contributed by atoms with Crippen molar-refractivity contribution in [2.75, 3.05) is 0 Å². The molecule has 0 spiro atoms. The van der Waals surface area contributed by atoms with E-state index in [0.717, 1.165) is 18.5 Å². The summed E-state index contributed by atoms with van der Waals surface area (Å²) in [6, 6.07) is 4.61. The number of aromatic nitrogens is 2. The Labute approximate surface area is 105 Å². The van der Waals surface area contributed by atoms with Crippen molar-refractivity contribution < 1.29 is 14.1 Å². The van der Waals surface area contributed by atoms with Crippen LogP contribution in [0.1, 0.15) is 0 Å². The number of hydrogen-bond donors (Lipinski definition) is 0. The lowest BCUT2D eigenvalue weighted by molar-refractivity contribution is -0.384. The Morgan fingerprint density at radius 3 is 2.78 bits per heavy atom. The van der Waals surface area contributed by atoms with Crippen LogP contribution in [0.5, 0.6) is 11.6 Å². The van der Waals surface area contributed by atoms with E-state index in [2.05, 4.69) is 9.97 Å². The lowest BCUT2D eigenvalue weighted by Crippen LogP contribution is -1.93. The number of hydrogen-bond acceptors (Lipinski definition) is 5. The van der Waals surface area contributed by atoms with Crippen LogP contribution in [-0.2, 0) is 0 Å². The number of nitrogens with zero attached hydrogens (tertiary/aromatic N) is 3. The van der Waals surface area contributed by atoms with Crippen LogP contribution in [0.25, 0.3) is 0 Å². The van der Waals surface area contributed by atoms with Gasteiger partial charge in [0.1, 0.15) is 6.33 Å². The minimum atomic E-state index is -0.776. The Morgan fingerprint density at radius 1 is 1.33 bits per heavy atom. The molecule has 0 radical (unpaired) electrons. The van der Waals surface area contributed by atoms with Gasteiger partial charge in [-0.05, 0) is 6.07 Å². The van der Waals surface area contributed by atoms with Gasteiger partial charge in [0.15, 0.2) is 5.75 Å². The number of non-ortho nitro benzene ring substituents is 1. The maximum absolute atomic E-state index is 12.8. The first-order valence-corrected chi connectivity index (χ1v) is 5.03. The molecule has 0 amide bonds. The molecule has 0 N–H and O–H groups in total. The number of rotatable bonds is 3. The first kappa shape index (κ1) is 12.2. The zero-order valence-corrected chi connectivity index (χ0v) is 9.46. The van der Waals surface area contributed by atoms with Gasteiger partial charge in [-0.2, -0.15) is 4.39 Å². The van der Waals surface area contributed by atoms with Gasteiger partial charge in [-0.1, -0.05) is 11.6 Å². The Balaban J connectivity index is 2.33. The highest BCUT2D eigenvalue weighted by molar-refractivity contribution is 6.32. The first-order chi connectivity index (χ1) is 8.56. The standard InChI is InChI=1S/C10H5ClFN3O3/c11-7-2-1-6(15(16)17)3-8(7)18-10-4-9(12)13-5-14-10/h1-5H. The minimum Gasteiger partial charge on any atom is -0.437 e. The number of ether oxygens (including phenoxy) is 1. The average Bonchev–Trinajstić information content (AvgIpc) is 2.31. The van der Waals surface area contributed by atoms with Crippen molar-refractivity contribution in [3.63, 3.8) is 0 Å². The van der Waals surface area contributed by atoms with Crippen molar-refractivity contribution in [1.29, 1.82) is 0 Å². The normalized spacial score (nSPS) is 10.1. The topological polar surface area (TPSA) is 78.2 Å². The number of nitro groups is 1. The third kappa shape index (κ3) is 2.69. The predicted octanol–water partition coefficient (Wildman–Crippen LogP) is 2.97. The molecule has 1 heterocycles. The summed E-state index contributed by atoms with van der Waals surface area (Å²) in [5, 5.41) is 10.7. The van der Waals surface area contributed by atoms with Gasteiger partial charge in [0.25, 0.3) is 5.69 Å². The van der Waals surface area contributed by atoms with Crippen LogP contribution < -0.4 is 4.74 Å². The van der Waals surface area contributed by atoms with Gasteiger partial charge in [0.2, 0.25) is 11.8 Å². The highest BCUT2D eigenvalue weighted by Gasteiger charge is 2.12. The molecule has 0 fully saturated rings.